The van der Waals surface area contributed by atoms with Crippen LogP contribution in [0, 0.1) is 6.92 Å². The Morgan fingerprint density at radius 2 is 2.08 bits per heavy atom. The molecule has 2 aromatic heterocycles. The number of hydrogen-bond donors (Lipinski definition) is 1. The molecular weight excluding hydrogens is 350 g/mol. The molecule has 1 N–H and O–H groups in total. The van der Waals surface area contributed by atoms with Crippen LogP contribution in [0.2, 0.25) is 0 Å². The number of esters is 1. The molecule has 0 unspecified atom stereocenters. The Morgan fingerprint density at radius 3 is 2.81 bits per heavy atom. The van der Waals surface area contributed by atoms with Crippen molar-refractivity contribution in [2.45, 2.75) is 20.4 Å². The summed E-state index contributed by atoms with van der Waals surface area (Å²) in [6, 6.07) is 11.3. The lowest BCUT2D eigenvalue weighted by molar-refractivity contribution is -0.143. The first-order valence-corrected chi connectivity index (χ1v) is 9.10. The van der Waals surface area contributed by atoms with Crippen molar-refractivity contribution >= 4 is 40.3 Å². The Labute approximate surface area is 155 Å². The number of hydrazone groups is 1. The van der Waals surface area contributed by atoms with Crippen LogP contribution in [-0.2, 0) is 16.1 Å². The Bertz CT molecular complexity index is 958. The first kappa shape index (κ1) is 17.9. The molecule has 7 heteroatoms. The Balaban J connectivity index is 1.88. The number of carbonyl (C=O) groups is 2. The quantitative estimate of drug-likeness (QED) is 0.411. The fourth-order valence-corrected chi connectivity index (χ4v) is 3.39. The summed E-state index contributed by atoms with van der Waals surface area (Å²) < 4.78 is 6.96. The Morgan fingerprint density at radius 1 is 1.27 bits per heavy atom. The molecule has 0 saturated heterocycles. The largest absolute Gasteiger partial charge is 0.465 e. The molecule has 0 atom stereocenters. The van der Waals surface area contributed by atoms with E-state index in [4.69, 9.17) is 4.74 Å². The zero-order valence-corrected chi connectivity index (χ0v) is 15.4. The summed E-state index contributed by atoms with van der Waals surface area (Å²) in [7, 11) is 0. The van der Waals surface area contributed by atoms with Crippen LogP contribution in [0.25, 0.3) is 10.9 Å². The van der Waals surface area contributed by atoms with E-state index in [0.29, 0.717) is 11.5 Å². The zero-order valence-electron chi connectivity index (χ0n) is 14.6. The standard InChI is InChI=1S/C19H19N3O3S/c1-3-25-18(23)12-22-13(2)15(14-7-4-5-8-16(14)22)11-20-21-19(24)17-9-6-10-26-17/h4-11H,3,12H2,1-2H3,(H,21,24)/b20-11+. The van der Waals surface area contributed by atoms with Crippen LogP contribution < -0.4 is 5.43 Å². The average molecular weight is 369 g/mol. The number of thiophene rings is 1. The zero-order chi connectivity index (χ0) is 18.5. The van der Waals surface area contributed by atoms with E-state index in [0.717, 1.165) is 22.2 Å². The normalized spacial score (nSPS) is 11.2. The van der Waals surface area contributed by atoms with Gasteiger partial charge < -0.3 is 9.30 Å². The van der Waals surface area contributed by atoms with Gasteiger partial charge in [-0.25, -0.2) is 5.43 Å². The van der Waals surface area contributed by atoms with Gasteiger partial charge >= 0.3 is 5.97 Å². The first-order valence-electron chi connectivity index (χ1n) is 8.22. The van der Waals surface area contributed by atoms with E-state index in [2.05, 4.69) is 10.5 Å². The molecule has 0 fully saturated rings. The molecular formula is C19H19N3O3S. The van der Waals surface area contributed by atoms with Gasteiger partial charge in [-0.1, -0.05) is 24.3 Å². The summed E-state index contributed by atoms with van der Waals surface area (Å²) in [4.78, 5) is 24.5. The number of carbonyl (C=O) groups excluding carboxylic acids is 2. The smallest absolute Gasteiger partial charge is 0.325 e. The predicted molar refractivity (Wildman–Crippen MR) is 103 cm³/mol. The van der Waals surface area contributed by atoms with E-state index >= 15 is 0 Å². The lowest BCUT2D eigenvalue weighted by Gasteiger charge is -2.07. The van der Waals surface area contributed by atoms with Crippen molar-refractivity contribution < 1.29 is 14.3 Å². The van der Waals surface area contributed by atoms with Gasteiger partial charge in [0.15, 0.2) is 0 Å². The number of aromatic nitrogens is 1. The van der Waals surface area contributed by atoms with Crippen LogP contribution in [0.5, 0.6) is 0 Å². The molecule has 3 aromatic rings. The third kappa shape index (κ3) is 3.67. The molecule has 0 radical (unpaired) electrons. The second-order valence-electron chi connectivity index (χ2n) is 5.58. The lowest BCUT2D eigenvalue weighted by atomic mass is 10.1. The number of ether oxygens (including phenoxy) is 1. The summed E-state index contributed by atoms with van der Waals surface area (Å²) in [5.41, 5.74) is 5.20. The van der Waals surface area contributed by atoms with Crippen molar-refractivity contribution in [1.29, 1.82) is 0 Å². The fraction of sp³-hybridized carbons (Fsp3) is 0.211. The van der Waals surface area contributed by atoms with Gasteiger partial charge in [0, 0.05) is 22.2 Å². The molecule has 0 aliphatic heterocycles. The molecule has 6 nitrogen and oxygen atoms in total. The van der Waals surface area contributed by atoms with Crippen molar-refractivity contribution in [2.24, 2.45) is 5.10 Å². The maximum Gasteiger partial charge on any atom is 0.325 e. The molecule has 0 bridgehead atoms. The number of fused-ring (bicyclic) bond motifs is 1. The van der Waals surface area contributed by atoms with Gasteiger partial charge in [-0.05, 0) is 31.4 Å². The molecule has 3 rings (SSSR count). The third-order valence-electron chi connectivity index (χ3n) is 3.98. The highest BCUT2D eigenvalue weighted by molar-refractivity contribution is 7.12. The van der Waals surface area contributed by atoms with Crippen molar-refractivity contribution in [3.05, 3.63) is 57.9 Å². The van der Waals surface area contributed by atoms with Gasteiger partial charge in [-0.15, -0.1) is 11.3 Å². The van der Waals surface area contributed by atoms with E-state index in [-0.39, 0.29) is 18.4 Å². The van der Waals surface area contributed by atoms with E-state index in [1.807, 2.05) is 47.2 Å². The second kappa shape index (κ2) is 7.97. The number of para-hydroxylation sites is 1. The summed E-state index contributed by atoms with van der Waals surface area (Å²) in [5, 5.41) is 6.89. The minimum absolute atomic E-state index is 0.135. The molecule has 1 amide bonds. The van der Waals surface area contributed by atoms with Gasteiger partial charge in [0.25, 0.3) is 5.91 Å². The van der Waals surface area contributed by atoms with Crippen LogP contribution >= 0.6 is 11.3 Å². The van der Waals surface area contributed by atoms with Gasteiger partial charge in [-0.2, -0.15) is 5.10 Å². The second-order valence-corrected chi connectivity index (χ2v) is 6.53. The number of nitrogens with one attached hydrogen (secondary N) is 1. The minimum Gasteiger partial charge on any atom is -0.465 e. The van der Waals surface area contributed by atoms with Gasteiger partial charge in [-0.3, -0.25) is 9.59 Å². The maximum absolute atomic E-state index is 12.0. The van der Waals surface area contributed by atoms with E-state index in [1.165, 1.54) is 11.3 Å². The molecule has 2 heterocycles. The number of benzene rings is 1. The maximum atomic E-state index is 12.0. The van der Waals surface area contributed by atoms with Crippen molar-refractivity contribution in [3.63, 3.8) is 0 Å². The summed E-state index contributed by atoms with van der Waals surface area (Å²) in [5.74, 6) is -0.532. The number of rotatable bonds is 6. The fourth-order valence-electron chi connectivity index (χ4n) is 2.78. The van der Waals surface area contributed by atoms with Crippen molar-refractivity contribution in [1.82, 2.24) is 9.99 Å². The molecule has 0 aliphatic carbocycles. The topological polar surface area (TPSA) is 72.7 Å². The SMILES string of the molecule is CCOC(=O)Cn1c(C)c(/C=N/NC(=O)c2cccs2)c2ccccc21. The number of hydrogen-bond acceptors (Lipinski definition) is 5. The molecule has 0 aliphatic rings. The van der Waals surface area contributed by atoms with Crippen LogP contribution in [0.3, 0.4) is 0 Å². The van der Waals surface area contributed by atoms with Crippen LogP contribution in [0.15, 0.2) is 46.9 Å². The van der Waals surface area contributed by atoms with E-state index in [9.17, 15) is 9.59 Å². The third-order valence-corrected chi connectivity index (χ3v) is 4.85. The highest BCUT2D eigenvalue weighted by Crippen LogP contribution is 2.24. The molecule has 0 spiro atoms. The summed E-state index contributed by atoms with van der Waals surface area (Å²) >= 11 is 1.36. The molecule has 134 valence electrons. The predicted octanol–water partition coefficient (Wildman–Crippen LogP) is 3.34. The molecule has 0 saturated carbocycles. The lowest BCUT2D eigenvalue weighted by Crippen LogP contribution is -2.16. The Kier molecular flexibility index (Phi) is 5.48. The highest BCUT2D eigenvalue weighted by Gasteiger charge is 2.15. The van der Waals surface area contributed by atoms with E-state index in [1.54, 1.807) is 19.2 Å². The van der Waals surface area contributed by atoms with Crippen molar-refractivity contribution in [2.75, 3.05) is 6.61 Å². The number of amides is 1. The van der Waals surface area contributed by atoms with Crippen LogP contribution in [0.4, 0.5) is 0 Å². The first-order chi connectivity index (χ1) is 12.6. The van der Waals surface area contributed by atoms with E-state index < -0.39 is 0 Å². The molecule has 26 heavy (non-hydrogen) atoms. The molecule has 1 aromatic carbocycles. The van der Waals surface area contributed by atoms with Crippen LogP contribution in [-0.4, -0.2) is 29.3 Å². The summed E-state index contributed by atoms with van der Waals surface area (Å²) in [6.45, 7) is 4.18. The van der Waals surface area contributed by atoms with Crippen LogP contribution in [0.1, 0.15) is 27.9 Å². The monoisotopic (exact) mass is 369 g/mol. The van der Waals surface area contributed by atoms with Crippen molar-refractivity contribution in [3.8, 4) is 0 Å². The minimum atomic E-state index is -0.286. The van der Waals surface area contributed by atoms with Gasteiger partial charge in [0.2, 0.25) is 0 Å². The average Bonchev–Trinajstić information content (AvgIpc) is 3.25. The van der Waals surface area contributed by atoms with Gasteiger partial charge in [0.05, 0.1) is 17.7 Å². The highest BCUT2D eigenvalue weighted by atomic mass is 32.1. The number of nitrogens with zero attached hydrogens (tertiary/aromatic N) is 2. The Hall–Kier alpha value is -2.93. The van der Waals surface area contributed by atoms with Gasteiger partial charge in [0.1, 0.15) is 6.54 Å². The summed E-state index contributed by atoms with van der Waals surface area (Å²) in [6.07, 6.45) is 1.62.